The molecule has 0 amide bonds. The summed E-state index contributed by atoms with van der Waals surface area (Å²) < 4.78 is 17.0. The van der Waals surface area contributed by atoms with Gasteiger partial charge < -0.3 is 29.7 Å². The quantitative estimate of drug-likeness (QED) is 0.435. The van der Waals surface area contributed by atoms with E-state index in [0.717, 1.165) is 79.6 Å². The highest BCUT2D eigenvalue weighted by Crippen LogP contribution is 2.36. The molecule has 190 valence electrons. The molecule has 10 nitrogen and oxygen atoms in total. The van der Waals surface area contributed by atoms with Crippen LogP contribution in [0.5, 0.6) is 5.75 Å². The zero-order valence-electron chi connectivity index (χ0n) is 20.6. The molecule has 2 aromatic heterocycles. The first kappa shape index (κ1) is 22.9. The number of benzene rings is 1. The molecule has 3 N–H and O–H groups in total. The van der Waals surface area contributed by atoms with Gasteiger partial charge >= 0.3 is 0 Å². The van der Waals surface area contributed by atoms with E-state index in [-0.39, 0.29) is 6.10 Å². The van der Waals surface area contributed by atoms with Gasteiger partial charge in [-0.3, -0.25) is 5.10 Å². The zero-order chi connectivity index (χ0) is 24.3. The summed E-state index contributed by atoms with van der Waals surface area (Å²) in [7, 11) is 1.68. The Balaban J connectivity index is 1.32. The van der Waals surface area contributed by atoms with Crippen molar-refractivity contribution in [2.24, 2.45) is 0 Å². The van der Waals surface area contributed by atoms with Crippen molar-refractivity contribution < 1.29 is 14.2 Å². The van der Waals surface area contributed by atoms with E-state index in [0.29, 0.717) is 17.6 Å². The van der Waals surface area contributed by atoms with Gasteiger partial charge in [-0.2, -0.15) is 15.1 Å². The van der Waals surface area contributed by atoms with Crippen LogP contribution in [0.2, 0.25) is 0 Å². The molecule has 2 fully saturated rings. The maximum absolute atomic E-state index is 5.79. The highest BCUT2D eigenvalue weighted by atomic mass is 16.5. The average Bonchev–Trinajstić information content (AvgIpc) is 3.60. The molecule has 2 aliphatic heterocycles. The van der Waals surface area contributed by atoms with E-state index in [9.17, 15) is 0 Å². The lowest BCUT2D eigenvalue weighted by Gasteiger charge is -2.29. The molecule has 4 heterocycles. The van der Waals surface area contributed by atoms with Gasteiger partial charge in [-0.05, 0) is 31.1 Å². The van der Waals surface area contributed by atoms with E-state index in [4.69, 9.17) is 24.2 Å². The second-order valence-corrected chi connectivity index (χ2v) is 9.55. The van der Waals surface area contributed by atoms with Crippen molar-refractivity contribution in [2.75, 3.05) is 48.9 Å². The Labute approximate surface area is 210 Å². The number of ether oxygens (including phenoxy) is 3. The Morgan fingerprint density at radius 1 is 1.11 bits per heavy atom. The molecule has 1 aliphatic carbocycles. The van der Waals surface area contributed by atoms with Crippen LogP contribution in [0.4, 0.5) is 23.1 Å². The van der Waals surface area contributed by atoms with Gasteiger partial charge in [0.25, 0.3) is 0 Å². The monoisotopic (exact) mass is 491 g/mol. The summed E-state index contributed by atoms with van der Waals surface area (Å²) in [6, 6.07) is 6.54. The lowest BCUT2D eigenvalue weighted by atomic mass is 9.95. The zero-order valence-corrected chi connectivity index (χ0v) is 20.6. The molecular formula is C26H33N7O3. The number of rotatable bonds is 7. The van der Waals surface area contributed by atoms with Gasteiger partial charge in [0.05, 0.1) is 43.4 Å². The Hall–Kier alpha value is -3.53. The smallest absolute Gasteiger partial charge is 0.231 e. The van der Waals surface area contributed by atoms with Crippen molar-refractivity contribution in [3.63, 3.8) is 0 Å². The summed E-state index contributed by atoms with van der Waals surface area (Å²) in [5, 5.41) is 15.7. The van der Waals surface area contributed by atoms with Gasteiger partial charge in [0, 0.05) is 37.3 Å². The number of nitrogens with one attached hydrogen (secondary N) is 3. The van der Waals surface area contributed by atoms with Crippen LogP contribution in [0.15, 0.2) is 30.5 Å². The number of methoxy groups -OCH3 is 1. The van der Waals surface area contributed by atoms with Gasteiger partial charge in [0.15, 0.2) is 5.65 Å². The molecule has 0 radical (unpaired) electrons. The summed E-state index contributed by atoms with van der Waals surface area (Å²) in [6.07, 6.45) is 10.5. The number of aromatic nitrogens is 4. The summed E-state index contributed by atoms with van der Waals surface area (Å²) in [5.41, 5.74) is 3.43. The van der Waals surface area contributed by atoms with Crippen molar-refractivity contribution in [1.29, 1.82) is 0 Å². The Bertz CT molecular complexity index is 1220. The Morgan fingerprint density at radius 2 is 1.97 bits per heavy atom. The Kier molecular flexibility index (Phi) is 6.50. The van der Waals surface area contributed by atoms with Gasteiger partial charge in [-0.15, -0.1) is 0 Å². The average molecular weight is 492 g/mol. The molecular weight excluding hydrogens is 458 g/mol. The molecule has 1 saturated carbocycles. The van der Waals surface area contributed by atoms with E-state index < -0.39 is 0 Å². The molecule has 3 aliphatic rings. The van der Waals surface area contributed by atoms with Crippen LogP contribution in [0, 0.1) is 0 Å². The van der Waals surface area contributed by atoms with Crippen molar-refractivity contribution in [3.05, 3.63) is 36.2 Å². The third-order valence-electron chi connectivity index (χ3n) is 7.21. The molecule has 6 rings (SSSR count). The highest BCUT2D eigenvalue weighted by molar-refractivity contribution is 5.91. The topological polar surface area (TPSA) is 109 Å². The van der Waals surface area contributed by atoms with Crippen LogP contribution in [0.3, 0.4) is 0 Å². The molecule has 10 heteroatoms. The molecule has 3 aromatic rings. The molecule has 0 bridgehead atoms. The van der Waals surface area contributed by atoms with Crippen LogP contribution < -0.4 is 20.3 Å². The number of hydrogen-bond donors (Lipinski definition) is 3. The number of fused-ring (bicyclic) bond motifs is 1. The van der Waals surface area contributed by atoms with Crippen LogP contribution in [0.25, 0.3) is 11.0 Å². The van der Waals surface area contributed by atoms with E-state index in [1.807, 2.05) is 18.2 Å². The first-order valence-electron chi connectivity index (χ1n) is 12.9. The van der Waals surface area contributed by atoms with Crippen molar-refractivity contribution in [3.8, 4) is 5.75 Å². The fraction of sp³-hybridized carbons (Fsp3) is 0.500. The predicted octanol–water partition coefficient (Wildman–Crippen LogP) is 4.66. The SMILES string of the molecule is COc1cc(N2CCOCC2)ccc1Nc1nc(NC2CCCCC2)c2c(C3CC=CO3)[nH]nc2n1. The maximum atomic E-state index is 5.79. The summed E-state index contributed by atoms with van der Waals surface area (Å²) >= 11 is 0. The molecule has 1 aromatic carbocycles. The second kappa shape index (κ2) is 10.2. The molecule has 1 unspecified atom stereocenters. The molecule has 1 saturated heterocycles. The van der Waals surface area contributed by atoms with Crippen molar-refractivity contribution >= 4 is 34.2 Å². The standard InChI is InChI=1S/C26H33N7O3/c1-34-21-16-18(33-11-14-35-15-12-33)9-10-19(21)28-26-29-24(27-17-6-3-2-4-7-17)22-23(20-8-5-13-36-20)31-32-25(22)30-26/h5,9-10,13,16-17,20H,2-4,6-8,11-12,14-15H2,1H3,(H3,27,28,29,30,31,32). The molecule has 1 atom stereocenters. The first-order valence-corrected chi connectivity index (χ1v) is 12.9. The normalized spacial score (nSPS) is 20.5. The Morgan fingerprint density at radius 3 is 2.75 bits per heavy atom. The number of H-pyrrole nitrogens is 1. The third kappa shape index (κ3) is 4.65. The van der Waals surface area contributed by atoms with Crippen LogP contribution in [-0.2, 0) is 9.47 Å². The van der Waals surface area contributed by atoms with Crippen LogP contribution >= 0.6 is 0 Å². The number of hydrogen-bond acceptors (Lipinski definition) is 9. The lowest BCUT2D eigenvalue weighted by Crippen LogP contribution is -2.36. The first-order chi connectivity index (χ1) is 17.8. The lowest BCUT2D eigenvalue weighted by molar-refractivity contribution is 0.122. The number of morpholine rings is 1. The summed E-state index contributed by atoms with van der Waals surface area (Å²) in [4.78, 5) is 12.0. The number of anilines is 4. The molecule has 0 spiro atoms. The number of aromatic amines is 1. The minimum absolute atomic E-state index is 0.0999. The molecule has 36 heavy (non-hydrogen) atoms. The minimum Gasteiger partial charge on any atom is -0.494 e. The predicted molar refractivity (Wildman–Crippen MR) is 139 cm³/mol. The van der Waals surface area contributed by atoms with E-state index in [1.54, 1.807) is 13.4 Å². The number of nitrogens with zero attached hydrogens (tertiary/aromatic N) is 4. The fourth-order valence-corrected chi connectivity index (χ4v) is 5.27. The second-order valence-electron chi connectivity index (χ2n) is 9.55. The van der Waals surface area contributed by atoms with Crippen LogP contribution in [0.1, 0.15) is 50.3 Å². The van der Waals surface area contributed by atoms with Crippen molar-refractivity contribution in [2.45, 2.75) is 50.7 Å². The van der Waals surface area contributed by atoms with Gasteiger partial charge in [0.2, 0.25) is 5.95 Å². The van der Waals surface area contributed by atoms with Gasteiger partial charge in [0.1, 0.15) is 17.7 Å². The van der Waals surface area contributed by atoms with Gasteiger partial charge in [-0.1, -0.05) is 19.3 Å². The van der Waals surface area contributed by atoms with E-state index in [1.165, 1.54) is 19.3 Å². The van der Waals surface area contributed by atoms with E-state index >= 15 is 0 Å². The largest absolute Gasteiger partial charge is 0.494 e. The highest BCUT2D eigenvalue weighted by Gasteiger charge is 2.26. The van der Waals surface area contributed by atoms with E-state index in [2.05, 4.69) is 31.8 Å². The van der Waals surface area contributed by atoms with Gasteiger partial charge in [-0.25, -0.2) is 0 Å². The minimum atomic E-state index is -0.0999. The summed E-state index contributed by atoms with van der Waals surface area (Å²) in [6.45, 7) is 3.21. The fourth-order valence-electron chi connectivity index (χ4n) is 5.27. The van der Waals surface area contributed by atoms with Crippen molar-refractivity contribution in [1.82, 2.24) is 20.2 Å². The summed E-state index contributed by atoms with van der Waals surface area (Å²) in [5.74, 6) is 2.00. The maximum Gasteiger partial charge on any atom is 0.231 e. The van der Waals surface area contributed by atoms with Crippen LogP contribution in [-0.4, -0.2) is 59.6 Å². The third-order valence-corrected chi connectivity index (χ3v) is 7.21.